The van der Waals surface area contributed by atoms with Crippen molar-refractivity contribution in [2.75, 3.05) is 19.0 Å². The second-order valence-electron chi connectivity index (χ2n) is 18.4. The Balaban J connectivity index is 1.09. The molecule has 7 aromatic carbocycles. The van der Waals surface area contributed by atoms with Crippen molar-refractivity contribution < 1.29 is 61.8 Å². The van der Waals surface area contributed by atoms with E-state index in [4.69, 9.17) is 47.4 Å². The zero-order valence-corrected chi connectivity index (χ0v) is 43.5. The Bertz CT molecular complexity index is 2850. The van der Waals surface area contributed by atoms with Crippen molar-refractivity contribution in [1.29, 1.82) is 0 Å². The first-order valence-corrected chi connectivity index (χ1v) is 26.9. The standard InChI is InChI=1S/C63H62O13S/c1-2-77-63-58(76-61(66)50-36-22-9-23-37-50)56(75-60(65)49-34-20-8-21-35-49)54(74-59(64)48-32-18-7-19-33-48)52(73-63)43-71-62-57(70-41-47-30-16-6-17-31-47)55(69-40-46-28-14-5-15-29-46)53(68-39-45-26-12-4-13-27-45)51(72-62)42-67-38-44-24-10-3-11-25-44/h3-37,51-58,62-63H,2,38-43H2,1H3/t51-,52-,53+,54-,55+,56+,57-,58-,62?,63+/m1/s1. The van der Waals surface area contributed by atoms with Gasteiger partial charge in [0.2, 0.25) is 0 Å². The summed E-state index contributed by atoms with van der Waals surface area (Å²) in [6.45, 7) is 2.57. The highest BCUT2D eigenvalue weighted by Gasteiger charge is 2.54. The van der Waals surface area contributed by atoms with Gasteiger partial charge >= 0.3 is 17.9 Å². The predicted octanol–water partition coefficient (Wildman–Crippen LogP) is 10.9. The quantitative estimate of drug-likeness (QED) is 0.0418. The highest BCUT2D eigenvalue weighted by Crippen LogP contribution is 2.37. The number of ether oxygens (including phenoxy) is 10. The molecule has 0 N–H and O–H groups in total. The molecule has 398 valence electrons. The molecule has 2 aliphatic heterocycles. The maximum atomic E-state index is 14.3. The molecular formula is C63H62O13S. The van der Waals surface area contributed by atoms with Crippen LogP contribution in [0.4, 0.5) is 0 Å². The van der Waals surface area contributed by atoms with E-state index in [2.05, 4.69) is 0 Å². The average Bonchev–Trinajstić information content (AvgIpc) is 3.48. The summed E-state index contributed by atoms with van der Waals surface area (Å²) in [6.07, 6.45) is -9.77. The van der Waals surface area contributed by atoms with Crippen LogP contribution in [0.2, 0.25) is 0 Å². The SMILES string of the molecule is CCS[C@@H]1O[C@H](COC2O[C@H](COCc3ccccc3)[C@H](OCc3ccccc3)[C@H](OCc3ccccc3)[C@H]2OCc2ccccc2)[C@@H](OC(=O)c2ccccc2)[C@H](OC(=O)c2ccccc2)[C@H]1OC(=O)c1ccccc1. The van der Waals surface area contributed by atoms with Gasteiger partial charge in [-0.2, -0.15) is 0 Å². The summed E-state index contributed by atoms with van der Waals surface area (Å²) in [5, 5.41) is 0. The lowest BCUT2D eigenvalue weighted by Gasteiger charge is -2.47. The molecule has 0 amide bonds. The summed E-state index contributed by atoms with van der Waals surface area (Å²) < 4.78 is 67.2. The first-order valence-electron chi connectivity index (χ1n) is 25.8. The summed E-state index contributed by atoms with van der Waals surface area (Å²) in [4.78, 5) is 42.6. The molecule has 2 fully saturated rings. The molecule has 0 bridgehead atoms. The summed E-state index contributed by atoms with van der Waals surface area (Å²) in [5.41, 5.74) is 3.50. The highest BCUT2D eigenvalue weighted by molar-refractivity contribution is 7.99. The Hall–Kier alpha value is -6.98. The molecule has 14 heteroatoms. The molecule has 1 unspecified atom stereocenters. The van der Waals surface area contributed by atoms with Crippen LogP contribution in [0.5, 0.6) is 0 Å². The van der Waals surface area contributed by atoms with Crippen molar-refractivity contribution in [1.82, 2.24) is 0 Å². The average molecular weight is 1060 g/mol. The van der Waals surface area contributed by atoms with E-state index >= 15 is 0 Å². The fourth-order valence-electron chi connectivity index (χ4n) is 9.08. The molecular weight excluding hydrogens is 997 g/mol. The molecule has 13 nitrogen and oxygen atoms in total. The van der Waals surface area contributed by atoms with E-state index < -0.39 is 78.5 Å². The number of hydrogen-bond donors (Lipinski definition) is 0. The fourth-order valence-corrected chi connectivity index (χ4v) is 10.0. The van der Waals surface area contributed by atoms with E-state index in [1.165, 1.54) is 11.8 Å². The fraction of sp³-hybridized carbons (Fsp3) is 0.286. The van der Waals surface area contributed by atoms with Crippen LogP contribution in [0.1, 0.15) is 60.3 Å². The van der Waals surface area contributed by atoms with E-state index in [-0.39, 0.29) is 49.7 Å². The van der Waals surface area contributed by atoms with Crippen molar-refractivity contribution in [2.45, 2.75) is 93.9 Å². The molecule has 0 aromatic heterocycles. The molecule has 0 saturated carbocycles. The van der Waals surface area contributed by atoms with Gasteiger partial charge in [-0.3, -0.25) is 0 Å². The van der Waals surface area contributed by atoms with Gasteiger partial charge < -0.3 is 47.4 Å². The monoisotopic (exact) mass is 1060 g/mol. The Kier molecular flexibility index (Phi) is 20.2. The number of thioether (sulfide) groups is 1. The zero-order chi connectivity index (χ0) is 53.0. The minimum Gasteiger partial charge on any atom is -0.452 e. The lowest BCUT2D eigenvalue weighted by atomic mass is 9.97. The second-order valence-corrected chi connectivity index (χ2v) is 19.7. The van der Waals surface area contributed by atoms with Crippen LogP contribution in [0.15, 0.2) is 212 Å². The smallest absolute Gasteiger partial charge is 0.338 e. The maximum Gasteiger partial charge on any atom is 0.338 e. The van der Waals surface area contributed by atoms with Crippen molar-refractivity contribution in [3.8, 4) is 0 Å². The largest absolute Gasteiger partial charge is 0.452 e. The van der Waals surface area contributed by atoms with Crippen LogP contribution >= 0.6 is 11.8 Å². The third-order valence-electron chi connectivity index (χ3n) is 12.9. The van der Waals surface area contributed by atoms with Gasteiger partial charge in [-0.25, -0.2) is 14.4 Å². The Morgan fingerprint density at radius 1 is 0.377 bits per heavy atom. The predicted molar refractivity (Wildman–Crippen MR) is 289 cm³/mol. The van der Waals surface area contributed by atoms with Gasteiger partial charge in [-0.1, -0.05) is 183 Å². The van der Waals surface area contributed by atoms with Crippen LogP contribution < -0.4 is 0 Å². The number of esters is 3. The van der Waals surface area contributed by atoms with E-state index in [1.807, 2.05) is 128 Å². The van der Waals surface area contributed by atoms with Crippen molar-refractivity contribution in [3.05, 3.63) is 251 Å². The van der Waals surface area contributed by atoms with Crippen molar-refractivity contribution >= 4 is 29.7 Å². The van der Waals surface area contributed by atoms with Crippen LogP contribution in [0.25, 0.3) is 0 Å². The Morgan fingerprint density at radius 2 is 0.740 bits per heavy atom. The van der Waals surface area contributed by atoms with Crippen molar-refractivity contribution in [3.63, 3.8) is 0 Å². The first-order chi connectivity index (χ1) is 37.9. The zero-order valence-electron chi connectivity index (χ0n) is 42.6. The molecule has 0 spiro atoms. The van der Waals surface area contributed by atoms with Gasteiger partial charge in [0.1, 0.15) is 36.0 Å². The highest BCUT2D eigenvalue weighted by atomic mass is 32.2. The summed E-state index contributed by atoms with van der Waals surface area (Å²) in [7, 11) is 0. The molecule has 7 aromatic rings. The second kappa shape index (κ2) is 28.4. The van der Waals surface area contributed by atoms with Gasteiger partial charge in [0.25, 0.3) is 0 Å². The van der Waals surface area contributed by atoms with Crippen LogP contribution in [-0.2, 0) is 73.8 Å². The molecule has 10 atom stereocenters. The number of carbonyl (C=O) groups excluding carboxylic acids is 3. The van der Waals surface area contributed by atoms with E-state index in [0.29, 0.717) is 12.4 Å². The van der Waals surface area contributed by atoms with Crippen LogP contribution in [-0.4, -0.2) is 97.4 Å². The summed E-state index contributed by atoms with van der Waals surface area (Å²) in [5.74, 6) is -1.66. The van der Waals surface area contributed by atoms with Crippen LogP contribution in [0.3, 0.4) is 0 Å². The molecule has 0 radical (unpaired) electrons. The lowest BCUT2D eigenvalue weighted by molar-refractivity contribution is -0.335. The van der Waals surface area contributed by atoms with Gasteiger partial charge in [-0.15, -0.1) is 11.8 Å². The maximum absolute atomic E-state index is 14.3. The molecule has 2 heterocycles. The number of benzene rings is 7. The summed E-state index contributed by atoms with van der Waals surface area (Å²) >= 11 is 1.33. The topological polar surface area (TPSA) is 144 Å². The Labute approximate surface area is 453 Å². The normalized spacial score (nSPS) is 23.1. The minimum absolute atomic E-state index is 0.0727. The van der Waals surface area contributed by atoms with Gasteiger partial charge in [-0.05, 0) is 64.4 Å². The van der Waals surface area contributed by atoms with Crippen LogP contribution in [0, 0.1) is 0 Å². The van der Waals surface area contributed by atoms with Gasteiger partial charge in [0, 0.05) is 0 Å². The van der Waals surface area contributed by atoms with Crippen molar-refractivity contribution in [2.24, 2.45) is 0 Å². The molecule has 77 heavy (non-hydrogen) atoms. The Morgan fingerprint density at radius 3 is 1.18 bits per heavy atom. The van der Waals surface area contributed by atoms with E-state index in [1.54, 1.807) is 91.0 Å². The first kappa shape index (κ1) is 54.8. The van der Waals surface area contributed by atoms with Gasteiger partial charge in [0.05, 0.1) is 56.3 Å². The third kappa shape index (κ3) is 15.4. The minimum atomic E-state index is -1.41. The molecule has 9 rings (SSSR count). The molecule has 2 aliphatic rings. The number of rotatable bonds is 24. The third-order valence-corrected chi connectivity index (χ3v) is 14.0. The number of hydrogen-bond acceptors (Lipinski definition) is 14. The summed E-state index contributed by atoms with van der Waals surface area (Å²) in [6, 6.07) is 64.6. The van der Waals surface area contributed by atoms with Gasteiger partial charge in [0.15, 0.2) is 24.6 Å². The lowest BCUT2D eigenvalue weighted by Crippen LogP contribution is -2.64. The molecule has 2 saturated heterocycles. The van der Waals surface area contributed by atoms with E-state index in [0.717, 1.165) is 22.3 Å². The number of carbonyl (C=O) groups is 3. The van der Waals surface area contributed by atoms with E-state index in [9.17, 15) is 14.4 Å². The molecule has 0 aliphatic carbocycles.